The standard InChI is InChI=1S/C22H27FN4/c23-19-6-8-20(9-7-19)25-14-10-22(24)26-21-12-16-27(17-13-21)15-11-18-4-2-1-3-5-18/h1-10,14,21,25H,11-13,15-17H2,(H2,24,26)/b14-10-. The molecule has 1 aliphatic heterocycles. The van der Waals surface area contributed by atoms with Crippen molar-refractivity contribution in [3.8, 4) is 0 Å². The molecule has 1 fully saturated rings. The highest BCUT2D eigenvalue weighted by Crippen LogP contribution is 2.12. The van der Waals surface area contributed by atoms with E-state index in [9.17, 15) is 4.39 Å². The largest absolute Gasteiger partial charge is 0.368 e. The predicted octanol–water partition coefficient (Wildman–Crippen LogP) is 4.03. The number of benzene rings is 2. The summed E-state index contributed by atoms with van der Waals surface area (Å²) in [4.78, 5) is 2.50. The summed E-state index contributed by atoms with van der Waals surface area (Å²) in [6, 6.07) is 17.1. The van der Waals surface area contributed by atoms with Crippen LogP contribution in [0.3, 0.4) is 0 Å². The number of rotatable bonds is 7. The van der Waals surface area contributed by atoms with Gasteiger partial charge in [-0.25, -0.2) is 4.39 Å². The highest BCUT2D eigenvalue weighted by atomic mass is 19.1. The summed E-state index contributed by atoms with van der Waals surface area (Å²) in [5.74, 6) is 0.140. The van der Waals surface area contributed by atoms with Crippen molar-refractivity contribution in [3.63, 3.8) is 0 Å². The van der Waals surface area contributed by atoms with Gasteiger partial charge in [-0.3, -0.25) is 5.41 Å². The van der Waals surface area contributed by atoms with Gasteiger partial charge in [0.05, 0.1) is 0 Å². The molecule has 3 rings (SSSR count). The number of amidine groups is 1. The second-order valence-electron chi connectivity index (χ2n) is 6.89. The van der Waals surface area contributed by atoms with Gasteiger partial charge in [0, 0.05) is 37.6 Å². The lowest BCUT2D eigenvalue weighted by atomic mass is 10.0. The first-order valence-corrected chi connectivity index (χ1v) is 9.49. The van der Waals surface area contributed by atoms with Gasteiger partial charge < -0.3 is 15.5 Å². The molecule has 1 aliphatic rings. The Morgan fingerprint density at radius 2 is 1.78 bits per heavy atom. The van der Waals surface area contributed by atoms with Crippen molar-refractivity contribution >= 4 is 11.5 Å². The maximum Gasteiger partial charge on any atom is 0.123 e. The van der Waals surface area contributed by atoms with E-state index in [-0.39, 0.29) is 5.82 Å². The molecule has 1 heterocycles. The van der Waals surface area contributed by atoms with Crippen LogP contribution < -0.4 is 10.6 Å². The number of hydrogen-bond acceptors (Lipinski definition) is 3. The van der Waals surface area contributed by atoms with E-state index in [1.807, 2.05) is 0 Å². The fourth-order valence-corrected chi connectivity index (χ4v) is 3.27. The highest BCUT2D eigenvalue weighted by Gasteiger charge is 2.18. The first-order chi connectivity index (χ1) is 13.2. The summed E-state index contributed by atoms with van der Waals surface area (Å²) in [5, 5.41) is 14.4. The second-order valence-corrected chi connectivity index (χ2v) is 6.89. The van der Waals surface area contributed by atoms with E-state index in [2.05, 4.69) is 45.9 Å². The molecule has 0 radical (unpaired) electrons. The van der Waals surface area contributed by atoms with Crippen molar-refractivity contribution in [2.75, 3.05) is 25.0 Å². The number of likely N-dealkylation sites (tertiary alicyclic amines) is 1. The fourth-order valence-electron chi connectivity index (χ4n) is 3.27. The smallest absolute Gasteiger partial charge is 0.123 e. The zero-order chi connectivity index (χ0) is 18.9. The molecule has 0 aromatic heterocycles. The Morgan fingerprint density at radius 3 is 2.48 bits per heavy atom. The van der Waals surface area contributed by atoms with Crippen molar-refractivity contribution in [3.05, 3.63) is 78.3 Å². The van der Waals surface area contributed by atoms with Crippen molar-refractivity contribution in [2.45, 2.75) is 25.3 Å². The lowest BCUT2D eigenvalue weighted by molar-refractivity contribution is 0.208. The molecule has 1 saturated heterocycles. The Labute approximate surface area is 160 Å². The molecule has 0 aliphatic carbocycles. The Hall–Kier alpha value is -2.66. The van der Waals surface area contributed by atoms with Crippen LogP contribution in [0.5, 0.6) is 0 Å². The number of hydrogen-bond donors (Lipinski definition) is 3. The Kier molecular flexibility index (Phi) is 6.99. The third kappa shape index (κ3) is 6.53. The van der Waals surface area contributed by atoms with Gasteiger partial charge in [0.2, 0.25) is 0 Å². The van der Waals surface area contributed by atoms with Gasteiger partial charge in [-0.2, -0.15) is 0 Å². The summed E-state index contributed by atoms with van der Waals surface area (Å²) in [7, 11) is 0. The number of nitrogens with one attached hydrogen (secondary N) is 3. The van der Waals surface area contributed by atoms with Crippen LogP contribution in [-0.2, 0) is 6.42 Å². The Bertz CT molecular complexity index is 735. The summed E-state index contributed by atoms with van der Waals surface area (Å²) in [6.07, 6.45) is 6.60. The van der Waals surface area contributed by atoms with Gasteiger partial charge in [0.15, 0.2) is 0 Å². The predicted molar refractivity (Wildman–Crippen MR) is 110 cm³/mol. The average molecular weight is 366 g/mol. The molecule has 0 atom stereocenters. The monoisotopic (exact) mass is 366 g/mol. The molecule has 2 aromatic rings. The maximum absolute atomic E-state index is 12.9. The van der Waals surface area contributed by atoms with Crippen LogP contribution in [0.25, 0.3) is 0 Å². The minimum absolute atomic E-state index is 0.256. The molecule has 0 amide bonds. The zero-order valence-electron chi connectivity index (χ0n) is 15.5. The summed E-state index contributed by atoms with van der Waals surface area (Å²) in [5.41, 5.74) is 2.19. The van der Waals surface area contributed by atoms with Gasteiger partial charge in [-0.05, 0) is 55.2 Å². The van der Waals surface area contributed by atoms with E-state index in [1.54, 1.807) is 24.4 Å². The number of halogens is 1. The SMILES string of the molecule is N=C(/C=C\Nc1ccc(F)cc1)NC1CCN(CCc2ccccc2)CC1. The van der Waals surface area contributed by atoms with Crippen LogP contribution in [0, 0.1) is 11.2 Å². The quantitative estimate of drug-likeness (QED) is 0.512. The van der Waals surface area contributed by atoms with E-state index in [0.29, 0.717) is 11.9 Å². The summed E-state index contributed by atoms with van der Waals surface area (Å²) in [6.45, 7) is 3.22. The van der Waals surface area contributed by atoms with Gasteiger partial charge in [0.25, 0.3) is 0 Å². The Balaban J connectivity index is 1.34. The molecule has 0 saturated carbocycles. The molecular formula is C22H27FN4. The first kappa shape index (κ1) is 19.1. The van der Waals surface area contributed by atoms with E-state index in [1.165, 1.54) is 17.7 Å². The second kappa shape index (κ2) is 9.88. The average Bonchev–Trinajstić information content (AvgIpc) is 2.70. The third-order valence-electron chi connectivity index (χ3n) is 4.85. The van der Waals surface area contributed by atoms with Crippen molar-refractivity contribution in [1.82, 2.24) is 10.2 Å². The van der Waals surface area contributed by atoms with Crippen LogP contribution in [0.2, 0.25) is 0 Å². The number of piperidine rings is 1. The van der Waals surface area contributed by atoms with Crippen LogP contribution >= 0.6 is 0 Å². The molecule has 0 spiro atoms. The Morgan fingerprint density at radius 1 is 1.07 bits per heavy atom. The molecule has 0 unspecified atom stereocenters. The fraction of sp³-hybridized carbons (Fsp3) is 0.318. The zero-order valence-corrected chi connectivity index (χ0v) is 15.5. The molecule has 2 aromatic carbocycles. The molecule has 0 bridgehead atoms. The number of anilines is 1. The molecule has 3 N–H and O–H groups in total. The topological polar surface area (TPSA) is 51.2 Å². The molecule has 4 nitrogen and oxygen atoms in total. The van der Waals surface area contributed by atoms with Crippen LogP contribution in [0.15, 0.2) is 66.9 Å². The van der Waals surface area contributed by atoms with Gasteiger partial charge in [-0.1, -0.05) is 30.3 Å². The normalized spacial score (nSPS) is 15.7. The molecule has 27 heavy (non-hydrogen) atoms. The number of nitrogens with zero attached hydrogens (tertiary/aromatic N) is 1. The van der Waals surface area contributed by atoms with Crippen LogP contribution in [-0.4, -0.2) is 36.4 Å². The van der Waals surface area contributed by atoms with E-state index in [0.717, 1.165) is 44.6 Å². The maximum atomic E-state index is 12.9. The van der Waals surface area contributed by atoms with Crippen molar-refractivity contribution in [2.24, 2.45) is 0 Å². The highest BCUT2D eigenvalue weighted by molar-refractivity contribution is 5.90. The van der Waals surface area contributed by atoms with Gasteiger partial charge in [0.1, 0.15) is 11.7 Å². The van der Waals surface area contributed by atoms with Crippen molar-refractivity contribution in [1.29, 1.82) is 5.41 Å². The first-order valence-electron chi connectivity index (χ1n) is 9.49. The van der Waals surface area contributed by atoms with E-state index in [4.69, 9.17) is 5.41 Å². The molecular weight excluding hydrogens is 339 g/mol. The summed E-state index contributed by atoms with van der Waals surface area (Å²) < 4.78 is 12.9. The molecule has 142 valence electrons. The van der Waals surface area contributed by atoms with Crippen molar-refractivity contribution < 1.29 is 4.39 Å². The minimum atomic E-state index is -0.256. The minimum Gasteiger partial charge on any atom is -0.368 e. The van der Waals surface area contributed by atoms with E-state index >= 15 is 0 Å². The molecule has 5 heteroatoms. The van der Waals surface area contributed by atoms with Crippen LogP contribution in [0.1, 0.15) is 18.4 Å². The van der Waals surface area contributed by atoms with Gasteiger partial charge >= 0.3 is 0 Å². The lowest BCUT2D eigenvalue weighted by Gasteiger charge is -2.32. The van der Waals surface area contributed by atoms with Crippen LogP contribution in [0.4, 0.5) is 10.1 Å². The summed E-state index contributed by atoms with van der Waals surface area (Å²) >= 11 is 0. The van der Waals surface area contributed by atoms with Gasteiger partial charge in [-0.15, -0.1) is 0 Å². The van der Waals surface area contributed by atoms with E-state index < -0.39 is 0 Å². The lowest BCUT2D eigenvalue weighted by Crippen LogP contribution is -2.44. The third-order valence-corrected chi connectivity index (χ3v) is 4.85.